The molecular formula is C16H15BrN2O6S. The Bertz CT molecular complexity index is 944. The van der Waals surface area contributed by atoms with Crippen molar-refractivity contribution in [2.45, 2.75) is 23.5 Å². The zero-order valence-corrected chi connectivity index (χ0v) is 16.3. The zero-order valence-electron chi connectivity index (χ0n) is 13.9. The van der Waals surface area contributed by atoms with Crippen LogP contribution >= 0.6 is 15.9 Å². The van der Waals surface area contributed by atoms with Crippen molar-refractivity contribution in [3.05, 3.63) is 62.4 Å². The smallest absolute Gasteiger partial charge is 0.307 e. The van der Waals surface area contributed by atoms with Crippen molar-refractivity contribution in [2.24, 2.45) is 0 Å². The quantitative estimate of drug-likeness (QED) is 0.291. The number of aromatic nitrogens is 1. The zero-order chi connectivity index (χ0) is 19.5. The molecule has 8 nitrogen and oxygen atoms in total. The van der Waals surface area contributed by atoms with Crippen LogP contribution in [0.15, 0.2) is 45.9 Å². The summed E-state index contributed by atoms with van der Waals surface area (Å²) >= 11 is 3.08. The molecule has 0 fully saturated rings. The molecule has 0 radical (unpaired) electrons. The Balaban J connectivity index is 2.68. The third kappa shape index (κ3) is 4.25. The van der Waals surface area contributed by atoms with Crippen LogP contribution in [0.25, 0.3) is 0 Å². The van der Waals surface area contributed by atoms with Gasteiger partial charge in [0, 0.05) is 6.07 Å². The highest BCUT2D eigenvalue weighted by atomic mass is 79.9. The van der Waals surface area contributed by atoms with Crippen molar-refractivity contribution in [1.82, 2.24) is 4.98 Å². The number of benzene rings is 1. The van der Waals surface area contributed by atoms with Crippen LogP contribution in [0.3, 0.4) is 0 Å². The highest BCUT2D eigenvalue weighted by Crippen LogP contribution is 2.36. The van der Waals surface area contributed by atoms with Gasteiger partial charge in [-0.3, -0.25) is 14.9 Å². The van der Waals surface area contributed by atoms with Crippen LogP contribution in [0.1, 0.15) is 22.9 Å². The molecule has 0 aliphatic heterocycles. The minimum atomic E-state index is -4.14. The molecular weight excluding hydrogens is 428 g/mol. The van der Waals surface area contributed by atoms with Crippen LogP contribution in [0, 0.1) is 17.0 Å². The SMILES string of the molecule is COC(=O)C[C@@H](c1nc(Br)ccc1[N+](=O)[O-])S(=O)(=O)c1ccc(C)cc1. The van der Waals surface area contributed by atoms with Crippen molar-refractivity contribution >= 4 is 37.4 Å². The van der Waals surface area contributed by atoms with E-state index in [0.717, 1.165) is 18.7 Å². The summed E-state index contributed by atoms with van der Waals surface area (Å²) < 4.78 is 31.0. The van der Waals surface area contributed by atoms with Gasteiger partial charge in [0.05, 0.1) is 23.3 Å². The second kappa shape index (κ2) is 7.92. The van der Waals surface area contributed by atoms with Crippen LogP contribution < -0.4 is 0 Å². The first kappa shape index (κ1) is 20.0. The van der Waals surface area contributed by atoms with E-state index in [-0.39, 0.29) is 15.2 Å². The van der Waals surface area contributed by atoms with Gasteiger partial charge in [0.2, 0.25) is 0 Å². The fraction of sp³-hybridized carbons (Fsp3) is 0.250. The Morgan fingerprint density at radius 2 is 1.88 bits per heavy atom. The number of nitrogens with zero attached hydrogens (tertiary/aromatic N) is 2. The molecule has 1 heterocycles. The lowest BCUT2D eigenvalue weighted by molar-refractivity contribution is -0.386. The van der Waals surface area contributed by atoms with E-state index in [1.807, 2.05) is 0 Å². The van der Waals surface area contributed by atoms with Gasteiger partial charge in [-0.15, -0.1) is 0 Å². The minimum Gasteiger partial charge on any atom is -0.469 e. The molecule has 2 rings (SSSR count). The summed E-state index contributed by atoms with van der Waals surface area (Å²) in [5.74, 6) is -0.818. The molecule has 1 aromatic carbocycles. The summed E-state index contributed by atoms with van der Waals surface area (Å²) in [6.07, 6.45) is -0.600. The number of aryl methyl sites for hydroxylation is 1. The van der Waals surface area contributed by atoms with Crippen molar-refractivity contribution in [3.63, 3.8) is 0 Å². The molecule has 0 spiro atoms. The topological polar surface area (TPSA) is 116 Å². The van der Waals surface area contributed by atoms with Crippen LogP contribution in [0.4, 0.5) is 5.69 Å². The molecule has 2 aromatic rings. The number of carbonyl (C=O) groups is 1. The minimum absolute atomic E-state index is 0.0620. The molecule has 0 N–H and O–H groups in total. The number of nitro groups is 1. The molecule has 0 aliphatic rings. The summed E-state index contributed by atoms with van der Waals surface area (Å²) in [4.78, 5) is 26.3. The van der Waals surface area contributed by atoms with E-state index in [0.29, 0.717) is 0 Å². The maximum atomic E-state index is 13.1. The fourth-order valence-corrected chi connectivity index (χ4v) is 4.30. The molecule has 1 aromatic heterocycles. The lowest BCUT2D eigenvalue weighted by Gasteiger charge is -2.17. The molecule has 0 bridgehead atoms. The summed E-state index contributed by atoms with van der Waals surface area (Å²) in [6, 6.07) is 8.45. The first-order valence-corrected chi connectivity index (χ1v) is 9.69. The average Bonchev–Trinajstić information content (AvgIpc) is 2.59. The fourth-order valence-electron chi connectivity index (χ4n) is 2.31. The van der Waals surface area contributed by atoms with Gasteiger partial charge in [0.15, 0.2) is 9.84 Å². The van der Waals surface area contributed by atoms with Crippen molar-refractivity contribution in [1.29, 1.82) is 0 Å². The second-order valence-corrected chi connectivity index (χ2v) is 8.37. The van der Waals surface area contributed by atoms with Crippen LogP contribution in [0.2, 0.25) is 0 Å². The van der Waals surface area contributed by atoms with Gasteiger partial charge in [0.1, 0.15) is 15.5 Å². The molecule has 1 atom stereocenters. The van der Waals surface area contributed by atoms with E-state index in [1.165, 1.54) is 18.2 Å². The summed E-state index contributed by atoms with van der Waals surface area (Å²) in [5.41, 5.74) is 0.0353. The average molecular weight is 443 g/mol. The van der Waals surface area contributed by atoms with Crippen LogP contribution in [-0.2, 0) is 19.4 Å². The molecule has 0 saturated heterocycles. The number of carbonyl (C=O) groups excluding carboxylic acids is 1. The first-order chi connectivity index (χ1) is 12.2. The highest BCUT2D eigenvalue weighted by molar-refractivity contribution is 9.10. The Hall–Kier alpha value is -2.33. The predicted octanol–water partition coefficient (Wildman–Crippen LogP) is 3.14. The van der Waals surface area contributed by atoms with E-state index in [1.54, 1.807) is 19.1 Å². The number of halogens is 1. The largest absolute Gasteiger partial charge is 0.469 e. The number of esters is 1. The number of sulfone groups is 1. The van der Waals surface area contributed by atoms with Gasteiger partial charge in [-0.1, -0.05) is 17.7 Å². The van der Waals surface area contributed by atoms with Crippen molar-refractivity contribution in [3.8, 4) is 0 Å². The van der Waals surface area contributed by atoms with Crippen molar-refractivity contribution in [2.75, 3.05) is 7.11 Å². The lowest BCUT2D eigenvalue weighted by atomic mass is 10.2. The summed E-state index contributed by atoms with van der Waals surface area (Å²) in [6.45, 7) is 1.79. The highest BCUT2D eigenvalue weighted by Gasteiger charge is 2.37. The molecule has 26 heavy (non-hydrogen) atoms. The summed E-state index contributed by atoms with van der Waals surface area (Å²) in [5, 5.41) is 9.78. The van der Waals surface area contributed by atoms with Gasteiger partial charge in [-0.05, 0) is 41.1 Å². The maximum Gasteiger partial charge on any atom is 0.307 e. The van der Waals surface area contributed by atoms with E-state index in [9.17, 15) is 23.3 Å². The van der Waals surface area contributed by atoms with E-state index in [4.69, 9.17) is 0 Å². The van der Waals surface area contributed by atoms with Gasteiger partial charge in [-0.25, -0.2) is 13.4 Å². The molecule has 10 heteroatoms. The standard InChI is InChI=1S/C16H15BrN2O6S/c1-10-3-5-11(6-4-10)26(23,24)13(9-15(20)25-2)16-12(19(21)22)7-8-14(17)18-16/h3-8,13H,9H2,1-2H3/t13-/m0/s1. The number of ether oxygens (including phenoxy) is 1. The molecule has 0 amide bonds. The lowest BCUT2D eigenvalue weighted by Crippen LogP contribution is -2.20. The number of pyridine rings is 1. The summed E-state index contributed by atoms with van der Waals surface area (Å²) in [7, 11) is -3.03. The second-order valence-electron chi connectivity index (χ2n) is 5.42. The van der Waals surface area contributed by atoms with E-state index in [2.05, 4.69) is 25.7 Å². The number of hydrogen-bond acceptors (Lipinski definition) is 7. The molecule has 0 unspecified atom stereocenters. The number of rotatable bonds is 6. The van der Waals surface area contributed by atoms with Gasteiger partial charge >= 0.3 is 5.97 Å². The van der Waals surface area contributed by atoms with E-state index >= 15 is 0 Å². The Morgan fingerprint density at radius 1 is 1.27 bits per heavy atom. The number of methoxy groups -OCH3 is 1. The van der Waals surface area contributed by atoms with Gasteiger partial charge in [-0.2, -0.15) is 0 Å². The number of hydrogen-bond donors (Lipinski definition) is 0. The van der Waals surface area contributed by atoms with Crippen LogP contribution in [-0.4, -0.2) is 31.4 Å². The molecule has 138 valence electrons. The maximum absolute atomic E-state index is 13.1. The Labute approximate surface area is 158 Å². The Kier molecular flexibility index (Phi) is 6.09. The van der Waals surface area contributed by atoms with Crippen LogP contribution in [0.5, 0.6) is 0 Å². The van der Waals surface area contributed by atoms with Gasteiger partial charge in [0.25, 0.3) is 5.69 Å². The first-order valence-electron chi connectivity index (χ1n) is 7.35. The molecule has 0 aliphatic carbocycles. The predicted molar refractivity (Wildman–Crippen MR) is 96.3 cm³/mol. The van der Waals surface area contributed by atoms with Crippen molar-refractivity contribution < 1.29 is 22.9 Å². The third-order valence-corrected chi connectivity index (χ3v) is 6.18. The van der Waals surface area contributed by atoms with E-state index < -0.39 is 38.1 Å². The van der Waals surface area contributed by atoms with Gasteiger partial charge < -0.3 is 4.74 Å². The normalized spacial score (nSPS) is 12.4. The monoisotopic (exact) mass is 442 g/mol. The Morgan fingerprint density at radius 3 is 2.42 bits per heavy atom. The molecule has 0 saturated carbocycles. The third-order valence-electron chi connectivity index (χ3n) is 3.67.